The average molecular weight is 535 g/mol. The molecule has 4 heteroatoms. The van der Waals surface area contributed by atoms with Gasteiger partial charge in [0.05, 0.1) is 5.60 Å². The maximum atomic E-state index is 7.20. The molecule has 1 unspecified atom stereocenters. The molecule has 0 N–H and O–H groups in total. The van der Waals surface area contributed by atoms with E-state index in [1.54, 1.807) is 0 Å². The van der Waals surface area contributed by atoms with Gasteiger partial charge in [-0.1, -0.05) is 68.2 Å². The Morgan fingerprint density at radius 1 is 0.944 bits per heavy atom. The monoisotopic (exact) mass is 534 g/mol. The van der Waals surface area contributed by atoms with Gasteiger partial charge in [-0.25, -0.2) is 0 Å². The van der Waals surface area contributed by atoms with E-state index in [-0.39, 0.29) is 5.60 Å². The fraction of sp³-hybridized carbons (Fsp3) is 0.938. The molecule has 2 fully saturated rings. The van der Waals surface area contributed by atoms with Crippen LogP contribution in [0.1, 0.15) is 114 Å². The van der Waals surface area contributed by atoms with Crippen molar-refractivity contribution < 1.29 is 8.85 Å². The second-order valence-corrected chi connectivity index (χ2v) is 22.9. The minimum Gasteiger partial charge on any atom is -0.414 e. The Kier molecular flexibility index (Phi) is 11.9. The Bertz CT molecular complexity index is 689. The zero-order valence-electron chi connectivity index (χ0n) is 26.0. The molecule has 0 bridgehead atoms. The fourth-order valence-electron chi connectivity index (χ4n) is 8.43. The number of fused-ring (bicyclic) bond motifs is 1. The Morgan fingerprint density at radius 3 is 2.00 bits per heavy atom. The molecule has 0 radical (unpaired) electrons. The summed E-state index contributed by atoms with van der Waals surface area (Å²) in [5.74, 6) is 5.77. The van der Waals surface area contributed by atoms with Gasteiger partial charge in [0, 0.05) is 12.0 Å². The third-order valence-electron chi connectivity index (χ3n) is 11.3. The molecule has 2 rings (SSSR count). The lowest BCUT2D eigenvalue weighted by molar-refractivity contribution is -0.0346. The summed E-state index contributed by atoms with van der Waals surface area (Å²) in [6.07, 6.45) is 15.2. The molecule has 0 heterocycles. The minimum absolute atomic E-state index is 0.00282. The van der Waals surface area contributed by atoms with E-state index in [1.165, 1.54) is 74.8 Å². The van der Waals surface area contributed by atoms with Gasteiger partial charge in [0.2, 0.25) is 0 Å². The molecule has 2 saturated carbocycles. The molecule has 0 spiro atoms. The first-order valence-corrected chi connectivity index (χ1v) is 20.8. The molecule has 2 aliphatic rings. The molecule has 0 aromatic heterocycles. The van der Waals surface area contributed by atoms with E-state index in [1.807, 2.05) is 0 Å². The Morgan fingerprint density at radius 2 is 1.50 bits per heavy atom. The Hall–Kier alpha value is -0.0862. The van der Waals surface area contributed by atoms with Gasteiger partial charge in [-0.05, 0) is 105 Å². The minimum atomic E-state index is -1.64. The summed E-state index contributed by atoms with van der Waals surface area (Å²) in [5.41, 5.74) is 0.332. The molecular weight excluding hydrogens is 473 g/mol. The van der Waals surface area contributed by atoms with Crippen LogP contribution in [-0.4, -0.2) is 28.3 Å². The summed E-state index contributed by atoms with van der Waals surface area (Å²) < 4.78 is 14.1. The summed E-state index contributed by atoms with van der Waals surface area (Å²) in [7, 11) is -3.21. The summed E-state index contributed by atoms with van der Waals surface area (Å²) >= 11 is 0. The molecule has 6 atom stereocenters. The molecule has 0 aromatic rings. The predicted octanol–water partition coefficient (Wildman–Crippen LogP) is 10.1. The van der Waals surface area contributed by atoms with Gasteiger partial charge in [0.25, 0.3) is 0 Å². The molecule has 36 heavy (non-hydrogen) atoms. The fourth-order valence-corrected chi connectivity index (χ4v) is 14.5. The number of terminal acetylenes is 1. The average Bonchev–Trinajstić information content (AvgIpc) is 3.22. The van der Waals surface area contributed by atoms with Gasteiger partial charge in [-0.2, -0.15) is 0 Å². The highest BCUT2D eigenvalue weighted by molar-refractivity contribution is 6.74. The highest BCUT2D eigenvalue weighted by atomic mass is 28.4. The lowest BCUT2D eigenvalue weighted by Gasteiger charge is -2.50. The summed E-state index contributed by atoms with van der Waals surface area (Å²) in [4.78, 5) is 0. The highest BCUT2D eigenvalue weighted by Gasteiger charge is 2.55. The second kappa shape index (κ2) is 13.3. The number of hydrogen-bond donors (Lipinski definition) is 0. The van der Waals surface area contributed by atoms with Crippen molar-refractivity contribution in [2.45, 2.75) is 162 Å². The molecule has 0 saturated heterocycles. The number of hydrogen-bond acceptors (Lipinski definition) is 2. The third kappa shape index (κ3) is 7.10. The van der Waals surface area contributed by atoms with E-state index in [9.17, 15) is 0 Å². The van der Waals surface area contributed by atoms with Crippen LogP contribution in [0.4, 0.5) is 0 Å². The van der Waals surface area contributed by atoms with Crippen LogP contribution in [0.5, 0.6) is 0 Å². The first kappa shape index (κ1) is 32.1. The first-order chi connectivity index (χ1) is 16.9. The van der Waals surface area contributed by atoms with Crippen molar-refractivity contribution in [1.82, 2.24) is 0 Å². The largest absolute Gasteiger partial charge is 0.414 e. The van der Waals surface area contributed by atoms with Gasteiger partial charge >= 0.3 is 0 Å². The van der Waals surface area contributed by atoms with Crippen LogP contribution in [-0.2, 0) is 8.85 Å². The quantitative estimate of drug-likeness (QED) is 0.154. The van der Waals surface area contributed by atoms with Crippen LogP contribution < -0.4 is 0 Å². The van der Waals surface area contributed by atoms with Gasteiger partial charge in [0.15, 0.2) is 16.6 Å². The van der Waals surface area contributed by atoms with Crippen molar-refractivity contribution >= 4 is 16.6 Å². The maximum absolute atomic E-state index is 7.20. The van der Waals surface area contributed by atoms with Crippen molar-refractivity contribution in [2.24, 2.45) is 29.1 Å². The van der Waals surface area contributed by atoms with Crippen molar-refractivity contribution in [3.8, 4) is 12.3 Å². The summed E-state index contributed by atoms with van der Waals surface area (Å²) in [6, 6.07) is 7.40. The van der Waals surface area contributed by atoms with Crippen LogP contribution in [0, 0.1) is 41.4 Å². The van der Waals surface area contributed by atoms with Crippen molar-refractivity contribution in [3.05, 3.63) is 0 Å². The first-order valence-electron chi connectivity index (χ1n) is 15.8. The topological polar surface area (TPSA) is 18.5 Å². The van der Waals surface area contributed by atoms with E-state index >= 15 is 0 Å². The molecular formula is C32H62O2Si2. The van der Waals surface area contributed by atoms with E-state index in [2.05, 4.69) is 75.2 Å². The van der Waals surface area contributed by atoms with Crippen LogP contribution in [0.3, 0.4) is 0 Å². The van der Waals surface area contributed by atoms with E-state index in [4.69, 9.17) is 15.3 Å². The summed E-state index contributed by atoms with van der Waals surface area (Å²) in [6.45, 7) is 23.9. The van der Waals surface area contributed by atoms with E-state index in [0.717, 1.165) is 18.3 Å². The maximum Gasteiger partial charge on any atom is 0.192 e. The molecule has 2 nitrogen and oxygen atoms in total. The standard InChI is InChI=1S/C32H62O2Si2/c1-12-27-24-30(33-35(13-2,14-3)15-4)29-22-21-28(32(29,11)25-27)26(8)20-19-23-31(9,10)34-36(16-5,17-6)18-7/h1,26-30H,13-25H2,2-11H3/t26-,27?,28-,29+,30+,32-/m1/s1. The lowest BCUT2D eigenvalue weighted by Crippen LogP contribution is -2.50. The predicted molar refractivity (Wildman–Crippen MR) is 163 cm³/mol. The van der Waals surface area contributed by atoms with Gasteiger partial charge in [-0.3, -0.25) is 0 Å². The smallest absolute Gasteiger partial charge is 0.192 e. The molecule has 0 aromatic carbocycles. The molecule has 2 aliphatic carbocycles. The molecule has 0 aliphatic heterocycles. The van der Waals surface area contributed by atoms with Gasteiger partial charge < -0.3 is 8.85 Å². The van der Waals surface area contributed by atoms with Gasteiger partial charge in [-0.15, -0.1) is 12.3 Å². The third-order valence-corrected chi connectivity index (χ3v) is 20.8. The zero-order valence-corrected chi connectivity index (χ0v) is 28.0. The highest BCUT2D eigenvalue weighted by Crippen LogP contribution is 2.60. The van der Waals surface area contributed by atoms with Gasteiger partial charge in [0.1, 0.15) is 0 Å². The van der Waals surface area contributed by atoms with Crippen molar-refractivity contribution in [2.75, 3.05) is 0 Å². The van der Waals surface area contributed by atoms with Crippen molar-refractivity contribution in [1.29, 1.82) is 0 Å². The Balaban J connectivity index is 2.08. The molecule has 210 valence electrons. The van der Waals surface area contributed by atoms with E-state index < -0.39 is 16.6 Å². The normalized spacial score (nSPS) is 30.1. The Labute approximate surface area is 228 Å². The van der Waals surface area contributed by atoms with Crippen LogP contribution in [0.25, 0.3) is 0 Å². The zero-order chi connectivity index (χ0) is 27.2. The summed E-state index contributed by atoms with van der Waals surface area (Å²) in [5, 5.41) is 0. The van der Waals surface area contributed by atoms with Crippen LogP contribution in [0.2, 0.25) is 36.3 Å². The lowest BCUT2D eigenvalue weighted by atomic mass is 9.59. The second-order valence-electron chi connectivity index (χ2n) is 13.5. The van der Waals surface area contributed by atoms with Crippen LogP contribution in [0.15, 0.2) is 0 Å². The van der Waals surface area contributed by atoms with Crippen molar-refractivity contribution in [3.63, 3.8) is 0 Å². The SMILES string of the molecule is C#CC1C[C@H](O[Si](CC)(CC)CC)[C@@H]2CC[C@H]([C@H](C)CCCC(C)(C)O[Si](CC)(CC)CC)[C@@]2(C)C1. The van der Waals surface area contributed by atoms with E-state index in [0.29, 0.717) is 23.4 Å². The molecule has 0 amide bonds. The van der Waals surface area contributed by atoms with Crippen LogP contribution >= 0.6 is 0 Å². The number of rotatable bonds is 15.